The molecule has 0 radical (unpaired) electrons. The lowest BCUT2D eigenvalue weighted by Gasteiger charge is -2.24. The number of hydrogen-bond donors (Lipinski definition) is 0. The van der Waals surface area contributed by atoms with Gasteiger partial charge in [-0.25, -0.2) is 15.0 Å². The van der Waals surface area contributed by atoms with Gasteiger partial charge in [-0.15, -0.1) is 0 Å². The summed E-state index contributed by atoms with van der Waals surface area (Å²) in [5, 5.41) is 0. The van der Waals surface area contributed by atoms with Crippen molar-refractivity contribution < 1.29 is 0 Å². The first-order chi connectivity index (χ1) is 12.2. The van der Waals surface area contributed by atoms with Gasteiger partial charge >= 0.3 is 0 Å². The zero-order chi connectivity index (χ0) is 16.9. The van der Waals surface area contributed by atoms with E-state index in [4.69, 9.17) is 0 Å². The van der Waals surface area contributed by atoms with Crippen LogP contribution in [0.3, 0.4) is 0 Å². The summed E-state index contributed by atoms with van der Waals surface area (Å²) >= 11 is 0. The first kappa shape index (κ1) is 14.8. The summed E-state index contributed by atoms with van der Waals surface area (Å²) in [6, 6.07) is 10.2. The lowest BCUT2D eigenvalue weighted by Crippen LogP contribution is -2.30. The van der Waals surface area contributed by atoms with Crippen LogP contribution in [0.5, 0.6) is 0 Å². The monoisotopic (exact) mass is 334 g/mol. The minimum atomic E-state index is 0.425. The van der Waals surface area contributed by atoms with Crippen LogP contribution < -0.4 is 4.90 Å². The minimum Gasteiger partial charge on any atom is -0.354 e. The van der Waals surface area contributed by atoms with Crippen molar-refractivity contribution in [3.63, 3.8) is 0 Å². The average Bonchev–Trinajstić information content (AvgIpc) is 3.34. The van der Waals surface area contributed by atoms with Gasteiger partial charge in [0.2, 0.25) is 0 Å². The Bertz CT molecular complexity index is 905. The van der Waals surface area contributed by atoms with E-state index in [1.165, 1.54) is 25.9 Å². The van der Waals surface area contributed by atoms with E-state index in [1.54, 1.807) is 6.33 Å². The first-order valence-electron chi connectivity index (χ1n) is 8.91. The fraction of sp³-hybridized carbons (Fsp3) is 0.421. The van der Waals surface area contributed by atoms with E-state index >= 15 is 0 Å². The highest BCUT2D eigenvalue weighted by Gasteiger charge is 2.43. The van der Waals surface area contributed by atoms with Gasteiger partial charge in [0.1, 0.15) is 12.7 Å². The van der Waals surface area contributed by atoms with E-state index < -0.39 is 0 Å². The fourth-order valence-corrected chi connectivity index (χ4v) is 4.44. The van der Waals surface area contributed by atoms with Crippen LogP contribution in [0.25, 0.3) is 16.9 Å². The maximum atomic E-state index is 4.66. The van der Waals surface area contributed by atoms with Crippen molar-refractivity contribution in [1.82, 2.24) is 24.4 Å². The molecule has 0 aliphatic carbocycles. The zero-order valence-corrected chi connectivity index (χ0v) is 14.5. The molecule has 1 spiro atoms. The number of imidazole rings is 1. The van der Waals surface area contributed by atoms with Gasteiger partial charge in [-0.2, -0.15) is 0 Å². The molecule has 2 aliphatic rings. The molecule has 2 saturated heterocycles. The highest BCUT2D eigenvalue weighted by molar-refractivity contribution is 5.84. The van der Waals surface area contributed by atoms with Gasteiger partial charge in [0, 0.05) is 30.7 Å². The molecule has 2 aliphatic heterocycles. The Morgan fingerprint density at radius 3 is 2.60 bits per heavy atom. The number of likely N-dealkylation sites (tertiary alicyclic amines) is 1. The van der Waals surface area contributed by atoms with Gasteiger partial charge in [0.15, 0.2) is 17.0 Å². The minimum absolute atomic E-state index is 0.425. The molecule has 2 aromatic heterocycles. The van der Waals surface area contributed by atoms with Gasteiger partial charge in [-0.1, -0.05) is 18.2 Å². The van der Waals surface area contributed by atoms with E-state index in [1.807, 2.05) is 29.1 Å². The summed E-state index contributed by atoms with van der Waals surface area (Å²) in [7, 11) is 2.22. The first-order valence-corrected chi connectivity index (χ1v) is 8.91. The van der Waals surface area contributed by atoms with Crippen molar-refractivity contribution in [3.8, 4) is 5.69 Å². The van der Waals surface area contributed by atoms with Crippen molar-refractivity contribution in [2.24, 2.45) is 5.41 Å². The van der Waals surface area contributed by atoms with Crippen LogP contribution in [0, 0.1) is 5.41 Å². The largest absolute Gasteiger partial charge is 0.354 e. The molecule has 128 valence electrons. The number of rotatable bonds is 2. The van der Waals surface area contributed by atoms with Gasteiger partial charge < -0.3 is 9.80 Å². The number of anilines is 1. The van der Waals surface area contributed by atoms with Gasteiger partial charge in [-0.3, -0.25) is 4.57 Å². The molecule has 0 N–H and O–H groups in total. The zero-order valence-electron chi connectivity index (χ0n) is 14.5. The van der Waals surface area contributed by atoms with Crippen LogP contribution in [-0.4, -0.2) is 57.6 Å². The van der Waals surface area contributed by atoms with Crippen molar-refractivity contribution in [2.75, 3.05) is 38.1 Å². The Morgan fingerprint density at radius 1 is 0.960 bits per heavy atom. The molecule has 0 bridgehead atoms. The number of nitrogens with zero attached hydrogens (tertiary/aromatic N) is 6. The molecule has 1 unspecified atom stereocenters. The van der Waals surface area contributed by atoms with E-state index in [2.05, 4.69) is 43.9 Å². The molecule has 6 heteroatoms. The van der Waals surface area contributed by atoms with Crippen molar-refractivity contribution in [2.45, 2.75) is 12.8 Å². The summed E-state index contributed by atoms with van der Waals surface area (Å²) < 4.78 is 2.04. The third-order valence-corrected chi connectivity index (χ3v) is 5.72. The third kappa shape index (κ3) is 2.40. The summed E-state index contributed by atoms with van der Waals surface area (Å²) in [6.07, 6.45) is 6.05. The fourth-order valence-electron chi connectivity index (χ4n) is 4.44. The second-order valence-electron chi connectivity index (χ2n) is 7.48. The quantitative estimate of drug-likeness (QED) is 0.720. The van der Waals surface area contributed by atoms with Crippen LogP contribution in [0.4, 0.5) is 5.82 Å². The summed E-state index contributed by atoms with van der Waals surface area (Å²) in [5.41, 5.74) is 3.27. The standard InChI is InChI=1S/C19H22N6/c1-23-9-7-19(11-23)8-10-24(12-19)17-16-18(21-13-20-17)25(14-22-16)15-5-3-2-4-6-15/h2-6,13-14H,7-12H2,1H3. The van der Waals surface area contributed by atoms with Crippen molar-refractivity contribution >= 4 is 17.0 Å². The Morgan fingerprint density at radius 2 is 1.80 bits per heavy atom. The summed E-state index contributed by atoms with van der Waals surface area (Å²) in [5.74, 6) is 0.978. The molecule has 0 saturated carbocycles. The molecule has 1 aromatic carbocycles. The van der Waals surface area contributed by atoms with E-state index in [-0.39, 0.29) is 0 Å². The maximum Gasteiger partial charge on any atom is 0.170 e. The van der Waals surface area contributed by atoms with E-state index in [9.17, 15) is 0 Å². The highest BCUT2D eigenvalue weighted by Crippen LogP contribution is 2.41. The second kappa shape index (κ2) is 5.52. The van der Waals surface area contributed by atoms with E-state index in [0.29, 0.717) is 5.41 Å². The SMILES string of the molecule is CN1CCC2(CCN(c3ncnc4c3ncn4-c3ccccc3)C2)C1. The Balaban J connectivity index is 1.52. The number of hydrogen-bond acceptors (Lipinski definition) is 5. The smallest absolute Gasteiger partial charge is 0.170 e. The molecule has 4 heterocycles. The van der Waals surface area contributed by atoms with Gasteiger partial charge in [-0.05, 0) is 38.6 Å². The van der Waals surface area contributed by atoms with Crippen LogP contribution in [0.2, 0.25) is 0 Å². The Hall–Kier alpha value is -2.47. The maximum absolute atomic E-state index is 4.66. The van der Waals surface area contributed by atoms with Gasteiger partial charge in [0.25, 0.3) is 0 Å². The predicted octanol–water partition coefficient (Wildman–Crippen LogP) is 2.35. The average molecular weight is 334 g/mol. The molecule has 3 aromatic rings. The molecular formula is C19H22N6. The van der Waals surface area contributed by atoms with Crippen molar-refractivity contribution in [1.29, 1.82) is 0 Å². The molecule has 5 rings (SSSR count). The van der Waals surface area contributed by atoms with Crippen LogP contribution >= 0.6 is 0 Å². The third-order valence-electron chi connectivity index (χ3n) is 5.72. The Kier molecular flexibility index (Phi) is 3.28. The Labute approximate surface area is 147 Å². The molecule has 25 heavy (non-hydrogen) atoms. The van der Waals surface area contributed by atoms with Crippen LogP contribution in [0.15, 0.2) is 43.0 Å². The van der Waals surface area contributed by atoms with Crippen LogP contribution in [0.1, 0.15) is 12.8 Å². The molecule has 1 atom stereocenters. The van der Waals surface area contributed by atoms with Gasteiger partial charge in [0.05, 0.1) is 0 Å². The molecule has 6 nitrogen and oxygen atoms in total. The lowest BCUT2D eigenvalue weighted by atomic mass is 9.86. The molecule has 2 fully saturated rings. The van der Waals surface area contributed by atoms with Crippen LogP contribution in [-0.2, 0) is 0 Å². The van der Waals surface area contributed by atoms with E-state index in [0.717, 1.165) is 35.8 Å². The molecular weight excluding hydrogens is 312 g/mol. The normalized spacial score (nSPS) is 24.0. The topological polar surface area (TPSA) is 50.1 Å². The number of aromatic nitrogens is 4. The highest BCUT2D eigenvalue weighted by atomic mass is 15.3. The second-order valence-corrected chi connectivity index (χ2v) is 7.48. The molecule has 0 amide bonds. The summed E-state index contributed by atoms with van der Waals surface area (Å²) in [4.78, 5) is 18.6. The number of para-hydroxylation sites is 1. The summed E-state index contributed by atoms with van der Waals surface area (Å²) in [6.45, 7) is 4.52. The number of fused-ring (bicyclic) bond motifs is 1. The number of benzene rings is 1. The van der Waals surface area contributed by atoms with Crippen molar-refractivity contribution in [3.05, 3.63) is 43.0 Å². The lowest BCUT2D eigenvalue weighted by molar-refractivity contribution is 0.312. The predicted molar refractivity (Wildman–Crippen MR) is 98.0 cm³/mol.